The molecule has 0 amide bonds. The summed E-state index contributed by atoms with van der Waals surface area (Å²) in [5, 5.41) is -0.0118. The lowest BCUT2D eigenvalue weighted by atomic mass is 10.2. The molecule has 0 saturated heterocycles. The maximum absolute atomic E-state index is 13.3. The Balaban J connectivity index is 2.13. The molecule has 0 saturated carbocycles. The fourth-order valence-corrected chi connectivity index (χ4v) is 2.08. The molecule has 2 N–H and O–H groups in total. The fraction of sp³-hybridized carbons (Fsp3) is 0.0769. The van der Waals surface area contributed by atoms with E-state index >= 15 is 0 Å². The number of halogens is 3. The Bertz CT molecular complexity index is 577. The van der Waals surface area contributed by atoms with Gasteiger partial charge in [0.25, 0.3) is 0 Å². The van der Waals surface area contributed by atoms with Crippen molar-refractivity contribution in [2.75, 3.05) is 5.73 Å². The fourth-order valence-electron chi connectivity index (χ4n) is 1.46. The number of hydrogen-bond acceptors (Lipinski definition) is 2. The number of anilines is 1. The van der Waals surface area contributed by atoms with E-state index in [4.69, 9.17) is 22.1 Å². The van der Waals surface area contributed by atoms with Crippen molar-refractivity contribution in [3.63, 3.8) is 0 Å². The molecule has 0 aliphatic heterocycles. The number of benzene rings is 2. The van der Waals surface area contributed by atoms with E-state index in [0.29, 0.717) is 12.3 Å². The molecule has 0 aliphatic carbocycles. The monoisotopic (exact) mass is 329 g/mol. The second kappa shape index (κ2) is 5.59. The van der Waals surface area contributed by atoms with Crippen molar-refractivity contribution in [3.05, 3.63) is 57.3 Å². The van der Waals surface area contributed by atoms with Gasteiger partial charge in [0.1, 0.15) is 18.2 Å². The van der Waals surface area contributed by atoms with Gasteiger partial charge >= 0.3 is 0 Å². The van der Waals surface area contributed by atoms with Crippen LogP contribution in [-0.2, 0) is 6.61 Å². The Morgan fingerprint density at radius 2 is 2.06 bits per heavy atom. The van der Waals surface area contributed by atoms with Crippen LogP contribution in [0.25, 0.3) is 0 Å². The summed E-state index contributed by atoms with van der Waals surface area (Å²) in [4.78, 5) is 0. The minimum atomic E-state index is -0.546. The summed E-state index contributed by atoms with van der Waals surface area (Å²) in [6, 6.07) is 10.2. The summed E-state index contributed by atoms with van der Waals surface area (Å²) in [5.74, 6) is -0.257. The molecule has 0 heterocycles. The Labute approximate surface area is 118 Å². The van der Waals surface area contributed by atoms with E-state index in [1.165, 1.54) is 12.1 Å². The van der Waals surface area contributed by atoms with Gasteiger partial charge in [0, 0.05) is 10.5 Å². The van der Waals surface area contributed by atoms with Gasteiger partial charge in [-0.15, -0.1) is 0 Å². The summed E-state index contributed by atoms with van der Waals surface area (Å²) in [7, 11) is 0. The molecule has 2 nitrogen and oxygen atoms in total. The first kappa shape index (κ1) is 13.2. The molecule has 0 aromatic heterocycles. The van der Waals surface area contributed by atoms with Crippen LogP contribution >= 0.6 is 27.5 Å². The quantitative estimate of drug-likeness (QED) is 0.846. The van der Waals surface area contributed by atoms with E-state index in [2.05, 4.69) is 15.9 Å². The van der Waals surface area contributed by atoms with Crippen molar-refractivity contribution < 1.29 is 9.13 Å². The van der Waals surface area contributed by atoms with Crippen LogP contribution < -0.4 is 10.5 Å². The smallest absolute Gasteiger partial charge is 0.145 e. The average molecular weight is 331 g/mol. The number of rotatable bonds is 3. The largest absolute Gasteiger partial charge is 0.487 e. The van der Waals surface area contributed by atoms with Crippen LogP contribution in [0.3, 0.4) is 0 Å². The van der Waals surface area contributed by atoms with E-state index in [1.54, 1.807) is 0 Å². The average Bonchev–Trinajstić information content (AvgIpc) is 2.32. The van der Waals surface area contributed by atoms with Gasteiger partial charge in [0.15, 0.2) is 0 Å². The number of nitrogens with two attached hydrogens (primary N) is 1. The number of ether oxygens (including phenoxy) is 1. The zero-order valence-corrected chi connectivity index (χ0v) is 11.6. The van der Waals surface area contributed by atoms with Crippen LogP contribution in [-0.4, -0.2) is 0 Å². The second-order valence-corrected chi connectivity index (χ2v) is 5.05. The maximum atomic E-state index is 13.3. The third-order valence-electron chi connectivity index (χ3n) is 2.34. The van der Waals surface area contributed by atoms with E-state index < -0.39 is 5.82 Å². The van der Waals surface area contributed by atoms with Crippen LogP contribution in [0.2, 0.25) is 5.02 Å². The Morgan fingerprint density at radius 3 is 2.78 bits per heavy atom. The van der Waals surface area contributed by atoms with Crippen molar-refractivity contribution in [3.8, 4) is 5.75 Å². The van der Waals surface area contributed by atoms with Gasteiger partial charge in [-0.2, -0.15) is 0 Å². The molecule has 2 rings (SSSR count). The van der Waals surface area contributed by atoms with Crippen LogP contribution in [0.15, 0.2) is 40.9 Å². The van der Waals surface area contributed by atoms with Crippen molar-refractivity contribution >= 4 is 33.2 Å². The predicted molar refractivity (Wildman–Crippen MR) is 74.3 cm³/mol. The third-order valence-corrected chi connectivity index (χ3v) is 3.12. The first-order valence-corrected chi connectivity index (χ1v) is 6.35. The molecule has 5 heteroatoms. The minimum absolute atomic E-state index is 0.0118. The summed E-state index contributed by atoms with van der Waals surface area (Å²) in [5.41, 5.74) is 6.97. The molecule has 0 aliphatic rings. The van der Waals surface area contributed by atoms with Crippen molar-refractivity contribution in [2.45, 2.75) is 6.61 Å². The Morgan fingerprint density at radius 1 is 1.28 bits per heavy atom. The molecule has 0 radical (unpaired) electrons. The molecule has 0 unspecified atom stereocenters. The molecule has 2 aromatic carbocycles. The van der Waals surface area contributed by atoms with Crippen LogP contribution in [0.5, 0.6) is 5.75 Å². The molecule has 18 heavy (non-hydrogen) atoms. The third kappa shape index (κ3) is 3.15. The van der Waals surface area contributed by atoms with E-state index in [9.17, 15) is 4.39 Å². The molecular weight excluding hydrogens is 321 g/mol. The lowest BCUT2D eigenvalue weighted by molar-refractivity contribution is 0.306. The standard InChI is InChI=1S/C13H10BrClFNO/c14-9-3-1-2-8(4-9)7-18-13-6-11(16)10(15)5-12(13)17/h1-6H,7,17H2. The summed E-state index contributed by atoms with van der Waals surface area (Å²) in [6.07, 6.45) is 0. The molecule has 2 aromatic rings. The molecule has 94 valence electrons. The van der Waals surface area contributed by atoms with E-state index in [1.807, 2.05) is 24.3 Å². The van der Waals surface area contributed by atoms with Crippen molar-refractivity contribution in [2.24, 2.45) is 0 Å². The maximum Gasteiger partial charge on any atom is 0.145 e. The molecule has 0 fully saturated rings. The summed E-state index contributed by atoms with van der Waals surface area (Å²) in [6.45, 7) is 0.310. The lowest BCUT2D eigenvalue weighted by Gasteiger charge is -2.10. The SMILES string of the molecule is Nc1cc(Cl)c(F)cc1OCc1cccc(Br)c1. The first-order valence-electron chi connectivity index (χ1n) is 5.18. The molecule has 0 spiro atoms. The van der Waals surface area contributed by atoms with Gasteiger partial charge < -0.3 is 10.5 Å². The first-order chi connectivity index (χ1) is 8.56. The van der Waals surface area contributed by atoms with Gasteiger partial charge in [0.2, 0.25) is 0 Å². The predicted octanol–water partition coefficient (Wildman–Crippen LogP) is 4.40. The Kier molecular flexibility index (Phi) is 4.09. The van der Waals surface area contributed by atoms with Gasteiger partial charge in [-0.05, 0) is 23.8 Å². The topological polar surface area (TPSA) is 35.2 Å². The highest BCUT2D eigenvalue weighted by Gasteiger charge is 2.07. The second-order valence-electron chi connectivity index (χ2n) is 3.72. The van der Waals surface area contributed by atoms with Crippen molar-refractivity contribution in [1.29, 1.82) is 0 Å². The highest BCUT2D eigenvalue weighted by molar-refractivity contribution is 9.10. The summed E-state index contributed by atoms with van der Waals surface area (Å²) >= 11 is 8.97. The molecule has 0 atom stereocenters. The Hall–Kier alpha value is -1.26. The van der Waals surface area contributed by atoms with Gasteiger partial charge in [0.05, 0.1) is 10.7 Å². The van der Waals surface area contributed by atoms with Gasteiger partial charge in [-0.3, -0.25) is 0 Å². The number of hydrogen-bond donors (Lipinski definition) is 1. The van der Waals surface area contributed by atoms with Crippen molar-refractivity contribution in [1.82, 2.24) is 0 Å². The highest BCUT2D eigenvalue weighted by Crippen LogP contribution is 2.28. The lowest BCUT2D eigenvalue weighted by Crippen LogP contribution is -1.99. The number of nitrogen functional groups attached to an aromatic ring is 1. The highest BCUT2D eigenvalue weighted by atomic mass is 79.9. The zero-order valence-electron chi connectivity index (χ0n) is 9.29. The van der Waals surface area contributed by atoms with Crippen LogP contribution in [0, 0.1) is 5.82 Å². The molecular formula is C13H10BrClFNO. The zero-order chi connectivity index (χ0) is 13.1. The van der Waals surface area contributed by atoms with Gasteiger partial charge in [-0.1, -0.05) is 39.7 Å². The summed E-state index contributed by atoms with van der Waals surface area (Å²) < 4.78 is 19.7. The minimum Gasteiger partial charge on any atom is -0.487 e. The van der Waals surface area contributed by atoms with E-state index in [0.717, 1.165) is 10.0 Å². The normalized spacial score (nSPS) is 10.4. The van der Waals surface area contributed by atoms with E-state index in [-0.39, 0.29) is 10.8 Å². The van der Waals surface area contributed by atoms with Crippen LogP contribution in [0.1, 0.15) is 5.56 Å². The molecule has 0 bridgehead atoms. The van der Waals surface area contributed by atoms with Gasteiger partial charge in [-0.25, -0.2) is 4.39 Å². The van der Waals surface area contributed by atoms with Crippen LogP contribution in [0.4, 0.5) is 10.1 Å².